The van der Waals surface area contributed by atoms with Gasteiger partial charge in [0.25, 0.3) is 0 Å². The smallest absolute Gasteiger partial charge is 0.248 e. The van der Waals surface area contributed by atoms with Gasteiger partial charge in [0.2, 0.25) is 0 Å². The lowest BCUT2D eigenvalue weighted by Gasteiger charge is -2.08. The predicted octanol–water partition coefficient (Wildman–Crippen LogP) is 1.66. The summed E-state index contributed by atoms with van der Waals surface area (Å²) in [4.78, 5) is 20.0. The third kappa shape index (κ3) is 1.99. The van der Waals surface area contributed by atoms with Crippen molar-refractivity contribution in [3.63, 3.8) is 0 Å². The molecule has 0 aliphatic rings. The quantitative estimate of drug-likeness (QED) is 0.740. The highest BCUT2D eigenvalue weighted by molar-refractivity contribution is 7.98. The molecule has 0 saturated heterocycles. The van der Waals surface area contributed by atoms with Crippen LogP contribution in [0.1, 0.15) is 5.82 Å². The molecule has 82 valence electrons. The molecule has 0 saturated carbocycles. The molecule has 0 spiro atoms. The zero-order valence-corrected chi connectivity index (χ0v) is 9.86. The molecule has 1 aromatic heterocycles. The summed E-state index contributed by atoms with van der Waals surface area (Å²) in [7, 11) is 0. The molecule has 0 aliphatic heterocycles. The molecular formula is C11H11N3OS. The van der Waals surface area contributed by atoms with Gasteiger partial charge in [0, 0.05) is 0 Å². The van der Waals surface area contributed by atoms with Gasteiger partial charge < -0.3 is 0 Å². The maximum Gasteiger partial charge on any atom is 0.356 e. The molecule has 0 fully saturated rings. The topological polar surface area (TPSA) is 47.8 Å². The van der Waals surface area contributed by atoms with Gasteiger partial charge in [-0.1, -0.05) is 30.0 Å². The Hall–Kier alpha value is -1.62. The number of hydrogen-bond acceptors (Lipinski definition) is 4. The van der Waals surface area contributed by atoms with Gasteiger partial charge in [0.15, 0.2) is 5.16 Å². The largest absolute Gasteiger partial charge is 0.356 e. The average molecular weight is 233 g/mol. The fourth-order valence-corrected chi connectivity index (χ4v) is 1.84. The van der Waals surface area contributed by atoms with Crippen LogP contribution in [0.5, 0.6) is 0 Å². The summed E-state index contributed by atoms with van der Waals surface area (Å²) >= 11 is 1.37. The number of aryl methyl sites for hydroxylation is 1. The molecule has 0 aliphatic carbocycles. The minimum absolute atomic E-state index is 0.289. The van der Waals surface area contributed by atoms with Gasteiger partial charge in [-0.2, -0.15) is 4.98 Å². The van der Waals surface area contributed by atoms with E-state index in [-0.39, 0.29) is 5.69 Å². The predicted molar refractivity (Wildman–Crippen MR) is 64.1 cm³/mol. The second-order valence-electron chi connectivity index (χ2n) is 3.21. The van der Waals surface area contributed by atoms with Crippen molar-refractivity contribution in [3.8, 4) is 5.69 Å². The Balaban J connectivity index is 2.63. The van der Waals surface area contributed by atoms with Crippen LogP contribution in [0.15, 0.2) is 40.3 Å². The molecule has 1 heterocycles. The molecule has 2 rings (SSSR count). The van der Waals surface area contributed by atoms with Crippen LogP contribution in [0.2, 0.25) is 0 Å². The van der Waals surface area contributed by atoms with Gasteiger partial charge in [0.05, 0.1) is 5.69 Å². The van der Waals surface area contributed by atoms with Crippen molar-refractivity contribution in [2.24, 2.45) is 0 Å². The first-order valence-electron chi connectivity index (χ1n) is 4.79. The van der Waals surface area contributed by atoms with E-state index < -0.39 is 0 Å². The normalized spacial score (nSPS) is 10.4. The lowest BCUT2D eigenvalue weighted by Crippen LogP contribution is -2.25. The Labute approximate surface area is 97.4 Å². The second kappa shape index (κ2) is 4.49. The molecule has 2 aromatic rings. The first kappa shape index (κ1) is 10.9. The molecule has 16 heavy (non-hydrogen) atoms. The van der Waals surface area contributed by atoms with Crippen molar-refractivity contribution in [2.75, 3.05) is 6.26 Å². The van der Waals surface area contributed by atoms with E-state index in [0.29, 0.717) is 11.0 Å². The average Bonchev–Trinajstić information content (AvgIpc) is 2.29. The number of thioether (sulfide) groups is 1. The highest BCUT2D eigenvalue weighted by Gasteiger charge is 2.07. The number of para-hydroxylation sites is 1. The van der Waals surface area contributed by atoms with E-state index in [1.165, 1.54) is 16.3 Å². The van der Waals surface area contributed by atoms with E-state index in [2.05, 4.69) is 9.97 Å². The van der Waals surface area contributed by atoms with Crippen LogP contribution in [-0.2, 0) is 0 Å². The molecule has 0 radical (unpaired) electrons. The van der Waals surface area contributed by atoms with Crippen LogP contribution < -0.4 is 5.69 Å². The molecular weight excluding hydrogens is 222 g/mol. The van der Waals surface area contributed by atoms with Crippen LogP contribution in [0.3, 0.4) is 0 Å². The summed E-state index contributed by atoms with van der Waals surface area (Å²) in [6.07, 6.45) is 1.85. The summed E-state index contributed by atoms with van der Waals surface area (Å²) < 4.78 is 1.50. The molecule has 4 nitrogen and oxygen atoms in total. The van der Waals surface area contributed by atoms with Crippen LogP contribution in [-0.4, -0.2) is 20.8 Å². The van der Waals surface area contributed by atoms with Crippen molar-refractivity contribution < 1.29 is 0 Å². The maximum absolute atomic E-state index is 11.8. The minimum Gasteiger partial charge on any atom is -0.248 e. The maximum atomic E-state index is 11.8. The summed E-state index contributed by atoms with van der Waals surface area (Å²) in [5.74, 6) is 0.649. The zero-order chi connectivity index (χ0) is 11.5. The van der Waals surface area contributed by atoms with Crippen LogP contribution in [0.4, 0.5) is 0 Å². The van der Waals surface area contributed by atoms with Crippen LogP contribution >= 0.6 is 11.8 Å². The first-order valence-corrected chi connectivity index (χ1v) is 6.02. The van der Waals surface area contributed by atoms with E-state index in [1.54, 1.807) is 6.92 Å². The molecule has 5 heteroatoms. The highest BCUT2D eigenvalue weighted by atomic mass is 32.2. The van der Waals surface area contributed by atoms with Crippen LogP contribution in [0, 0.1) is 6.92 Å². The molecule has 0 unspecified atom stereocenters. The summed E-state index contributed by atoms with van der Waals surface area (Å²) in [5, 5.41) is 0.509. The molecule has 0 N–H and O–H groups in total. The lowest BCUT2D eigenvalue weighted by molar-refractivity contribution is 0.744. The highest BCUT2D eigenvalue weighted by Crippen LogP contribution is 2.09. The van der Waals surface area contributed by atoms with Gasteiger partial charge in [-0.05, 0) is 25.3 Å². The monoisotopic (exact) mass is 233 g/mol. The molecule has 1 aromatic carbocycles. The van der Waals surface area contributed by atoms with Crippen molar-refractivity contribution in [1.29, 1.82) is 0 Å². The van der Waals surface area contributed by atoms with Gasteiger partial charge in [0.1, 0.15) is 5.82 Å². The van der Waals surface area contributed by atoms with Crippen molar-refractivity contribution in [3.05, 3.63) is 46.6 Å². The summed E-state index contributed by atoms with van der Waals surface area (Å²) in [5.41, 5.74) is 0.501. The summed E-state index contributed by atoms with van der Waals surface area (Å²) in [6.45, 7) is 1.80. The standard InChI is InChI=1S/C11H11N3OS/c1-8-12-10(16-2)13-11(15)14(8)9-6-4-3-5-7-9/h3-7H,1-2H3. The van der Waals surface area contributed by atoms with Gasteiger partial charge in [-0.25, -0.2) is 14.3 Å². The second-order valence-corrected chi connectivity index (χ2v) is 3.98. The fraction of sp³-hybridized carbons (Fsp3) is 0.182. The summed E-state index contributed by atoms with van der Waals surface area (Å²) in [6, 6.07) is 9.38. The van der Waals surface area contributed by atoms with Crippen molar-refractivity contribution in [1.82, 2.24) is 14.5 Å². The van der Waals surface area contributed by atoms with Gasteiger partial charge >= 0.3 is 5.69 Å². The fourth-order valence-electron chi connectivity index (χ4n) is 1.45. The van der Waals surface area contributed by atoms with E-state index in [4.69, 9.17) is 0 Å². The van der Waals surface area contributed by atoms with Crippen LogP contribution in [0.25, 0.3) is 5.69 Å². The Bertz CT molecular complexity index is 551. The van der Waals surface area contributed by atoms with Gasteiger partial charge in [-0.15, -0.1) is 0 Å². The van der Waals surface area contributed by atoms with E-state index in [1.807, 2.05) is 36.6 Å². The number of aromatic nitrogens is 3. The Morgan fingerprint density at radius 1 is 1.19 bits per heavy atom. The third-order valence-corrected chi connectivity index (χ3v) is 2.71. The first-order chi connectivity index (χ1) is 7.72. The van der Waals surface area contributed by atoms with E-state index >= 15 is 0 Å². The Morgan fingerprint density at radius 3 is 2.44 bits per heavy atom. The van der Waals surface area contributed by atoms with E-state index in [0.717, 1.165) is 5.69 Å². The molecule has 0 bridgehead atoms. The Morgan fingerprint density at radius 2 is 1.88 bits per heavy atom. The number of benzene rings is 1. The minimum atomic E-state index is -0.289. The number of rotatable bonds is 2. The van der Waals surface area contributed by atoms with Crippen molar-refractivity contribution in [2.45, 2.75) is 12.1 Å². The Kier molecular flexibility index (Phi) is 3.05. The number of hydrogen-bond donors (Lipinski definition) is 0. The number of nitrogens with zero attached hydrogens (tertiary/aromatic N) is 3. The zero-order valence-electron chi connectivity index (χ0n) is 9.04. The molecule has 0 amide bonds. The van der Waals surface area contributed by atoms with E-state index in [9.17, 15) is 4.79 Å². The molecule has 0 atom stereocenters. The van der Waals surface area contributed by atoms with Crippen molar-refractivity contribution >= 4 is 11.8 Å². The lowest BCUT2D eigenvalue weighted by atomic mass is 10.3. The van der Waals surface area contributed by atoms with Gasteiger partial charge in [-0.3, -0.25) is 0 Å². The third-order valence-electron chi connectivity index (χ3n) is 2.16. The SMILES string of the molecule is CSc1nc(C)n(-c2ccccc2)c(=O)n1.